The normalized spacial score (nSPS) is 10.6. The molecule has 0 radical (unpaired) electrons. The number of methoxy groups -OCH3 is 2. The van der Waals surface area contributed by atoms with Crippen LogP contribution < -0.4 is 0 Å². The van der Waals surface area contributed by atoms with E-state index >= 15 is 0 Å². The SMILES string of the molecule is COC(=O)CCCCCCCC#CCCCCCCCCC(C)CCCCCCCCC#CCCCCCCCC(=O)OC. The van der Waals surface area contributed by atoms with Gasteiger partial charge in [0.25, 0.3) is 0 Å². The van der Waals surface area contributed by atoms with Crippen LogP contribution >= 0.6 is 0 Å². The largest absolute Gasteiger partial charge is 0.469 e. The smallest absolute Gasteiger partial charge is 0.305 e. The molecule has 0 unspecified atom stereocenters. The van der Waals surface area contributed by atoms with Gasteiger partial charge in [-0.1, -0.05) is 122 Å². The molecule has 44 heavy (non-hydrogen) atoms. The second-order valence-corrected chi connectivity index (χ2v) is 12.8. The lowest BCUT2D eigenvalue weighted by Gasteiger charge is -2.11. The molecule has 0 amide bonds. The van der Waals surface area contributed by atoms with E-state index in [-0.39, 0.29) is 11.9 Å². The maximum atomic E-state index is 11.1. The molecule has 0 fully saturated rings. The molecule has 0 atom stereocenters. The maximum Gasteiger partial charge on any atom is 0.305 e. The van der Waals surface area contributed by atoms with Gasteiger partial charge in [0.15, 0.2) is 0 Å². The molecule has 0 spiro atoms. The molecule has 0 aromatic heterocycles. The summed E-state index contributed by atoms with van der Waals surface area (Å²) in [7, 11) is 2.92. The van der Waals surface area contributed by atoms with Gasteiger partial charge < -0.3 is 9.47 Å². The minimum atomic E-state index is -0.0895. The van der Waals surface area contributed by atoms with Crippen molar-refractivity contribution in [3.05, 3.63) is 0 Å². The van der Waals surface area contributed by atoms with Crippen molar-refractivity contribution in [2.75, 3.05) is 14.2 Å². The van der Waals surface area contributed by atoms with Crippen LogP contribution in [0.2, 0.25) is 0 Å². The average Bonchev–Trinajstić information content (AvgIpc) is 3.03. The van der Waals surface area contributed by atoms with Gasteiger partial charge in [-0.15, -0.1) is 23.7 Å². The van der Waals surface area contributed by atoms with Crippen molar-refractivity contribution in [2.45, 2.75) is 200 Å². The van der Waals surface area contributed by atoms with Crippen molar-refractivity contribution in [1.82, 2.24) is 0 Å². The average molecular weight is 615 g/mol. The Morgan fingerprint density at radius 3 is 0.955 bits per heavy atom. The molecule has 0 aliphatic heterocycles. The van der Waals surface area contributed by atoms with E-state index in [1.165, 1.54) is 143 Å². The Balaban J connectivity index is 3.29. The fourth-order valence-electron chi connectivity index (χ4n) is 5.55. The first-order chi connectivity index (χ1) is 21.6. The van der Waals surface area contributed by atoms with Gasteiger partial charge >= 0.3 is 11.9 Å². The fraction of sp³-hybridized carbons (Fsp3) is 0.850. The molecule has 0 N–H and O–H groups in total. The van der Waals surface area contributed by atoms with E-state index in [4.69, 9.17) is 0 Å². The third-order valence-corrected chi connectivity index (χ3v) is 8.57. The lowest BCUT2D eigenvalue weighted by Crippen LogP contribution is -1.99. The number of rotatable bonds is 30. The summed E-state index contributed by atoms with van der Waals surface area (Å²) < 4.78 is 9.33. The van der Waals surface area contributed by atoms with E-state index in [1.807, 2.05) is 0 Å². The summed E-state index contributed by atoms with van der Waals surface area (Å²) in [6, 6.07) is 0. The summed E-state index contributed by atoms with van der Waals surface area (Å²) in [5, 5.41) is 0. The lowest BCUT2D eigenvalue weighted by molar-refractivity contribution is -0.141. The summed E-state index contributed by atoms with van der Waals surface area (Å²) in [5.74, 6) is 14.1. The first-order valence-corrected chi connectivity index (χ1v) is 18.6. The summed E-state index contributed by atoms with van der Waals surface area (Å²) in [6.45, 7) is 2.45. The maximum absolute atomic E-state index is 11.1. The summed E-state index contributed by atoms with van der Waals surface area (Å²) in [4.78, 5) is 22.1. The van der Waals surface area contributed by atoms with E-state index in [0.717, 1.165) is 57.3 Å². The van der Waals surface area contributed by atoms with Crippen LogP contribution in [-0.4, -0.2) is 26.2 Å². The van der Waals surface area contributed by atoms with E-state index in [1.54, 1.807) is 0 Å². The standard InChI is InChI=1S/C40H70O4/c1-38(34-30-26-22-18-14-10-6-4-8-12-16-20-24-28-32-36-39(41)43-2)35-31-27-23-19-15-11-7-5-9-13-17-21-25-29-33-37-40(42)44-3/h38H,6-7,10-37H2,1-3H3. The van der Waals surface area contributed by atoms with Crippen molar-refractivity contribution < 1.29 is 19.1 Å². The number of carbonyl (C=O) groups excluding carboxylic acids is 2. The second kappa shape index (κ2) is 35.5. The minimum absolute atomic E-state index is 0.0895. The zero-order valence-corrected chi connectivity index (χ0v) is 29.4. The highest BCUT2D eigenvalue weighted by Gasteiger charge is 2.03. The van der Waals surface area contributed by atoms with E-state index in [2.05, 4.69) is 40.1 Å². The van der Waals surface area contributed by atoms with Crippen LogP contribution in [0.25, 0.3) is 0 Å². The third kappa shape index (κ3) is 34.5. The molecule has 0 heterocycles. The van der Waals surface area contributed by atoms with Gasteiger partial charge in [-0.05, 0) is 44.4 Å². The van der Waals surface area contributed by atoms with Crippen LogP contribution in [0.15, 0.2) is 0 Å². The summed E-state index contributed by atoms with van der Waals surface area (Å²) in [6.07, 6.45) is 35.7. The molecule has 0 aliphatic rings. The molecule has 4 heteroatoms. The highest BCUT2D eigenvalue weighted by atomic mass is 16.5. The molecule has 0 saturated heterocycles. The second-order valence-electron chi connectivity index (χ2n) is 12.8. The molecule has 0 aliphatic carbocycles. The van der Waals surface area contributed by atoms with E-state index in [0.29, 0.717) is 12.8 Å². The number of hydrogen-bond acceptors (Lipinski definition) is 4. The van der Waals surface area contributed by atoms with Gasteiger partial charge in [-0.2, -0.15) is 0 Å². The topological polar surface area (TPSA) is 52.6 Å². The molecule has 0 rings (SSSR count). The molecule has 254 valence electrons. The number of hydrogen-bond donors (Lipinski definition) is 0. The van der Waals surface area contributed by atoms with Crippen molar-refractivity contribution in [3.63, 3.8) is 0 Å². The number of carbonyl (C=O) groups is 2. The zero-order valence-electron chi connectivity index (χ0n) is 29.4. The quantitative estimate of drug-likeness (QED) is 0.0459. The van der Waals surface area contributed by atoms with Crippen LogP contribution in [0.3, 0.4) is 0 Å². The van der Waals surface area contributed by atoms with Crippen LogP contribution in [0.1, 0.15) is 200 Å². The van der Waals surface area contributed by atoms with Crippen LogP contribution in [0.5, 0.6) is 0 Å². The van der Waals surface area contributed by atoms with Gasteiger partial charge in [0.05, 0.1) is 14.2 Å². The summed E-state index contributed by atoms with van der Waals surface area (Å²) in [5.41, 5.74) is 0. The summed E-state index contributed by atoms with van der Waals surface area (Å²) >= 11 is 0. The molecular weight excluding hydrogens is 544 g/mol. The highest BCUT2D eigenvalue weighted by molar-refractivity contribution is 5.69. The predicted octanol–water partition coefficient (Wildman–Crippen LogP) is 11.7. The van der Waals surface area contributed by atoms with Gasteiger partial charge in [-0.3, -0.25) is 9.59 Å². The minimum Gasteiger partial charge on any atom is -0.469 e. The Kier molecular flexibility index (Phi) is 34.0. The molecular formula is C40H70O4. The Bertz CT molecular complexity index is 702. The van der Waals surface area contributed by atoms with Crippen molar-refractivity contribution in [2.24, 2.45) is 5.92 Å². The van der Waals surface area contributed by atoms with Gasteiger partial charge in [0, 0.05) is 38.5 Å². The molecule has 0 bridgehead atoms. The molecule has 0 saturated carbocycles. The van der Waals surface area contributed by atoms with E-state index in [9.17, 15) is 9.59 Å². The molecule has 0 aromatic rings. The van der Waals surface area contributed by atoms with Crippen LogP contribution in [0, 0.1) is 29.6 Å². The molecule has 4 nitrogen and oxygen atoms in total. The number of ether oxygens (including phenoxy) is 2. The van der Waals surface area contributed by atoms with Crippen molar-refractivity contribution >= 4 is 11.9 Å². The van der Waals surface area contributed by atoms with Gasteiger partial charge in [0.1, 0.15) is 0 Å². The Labute approximate surface area is 274 Å². The van der Waals surface area contributed by atoms with Crippen molar-refractivity contribution in [3.8, 4) is 23.7 Å². The number of unbranched alkanes of at least 4 members (excludes halogenated alkanes) is 22. The zero-order chi connectivity index (χ0) is 32.2. The Morgan fingerprint density at radius 1 is 0.409 bits per heavy atom. The Hall–Kier alpha value is -1.94. The Morgan fingerprint density at radius 2 is 0.659 bits per heavy atom. The first-order valence-electron chi connectivity index (χ1n) is 18.6. The number of esters is 2. The molecule has 0 aromatic carbocycles. The highest BCUT2D eigenvalue weighted by Crippen LogP contribution is 2.19. The van der Waals surface area contributed by atoms with Crippen LogP contribution in [0.4, 0.5) is 0 Å². The fourth-order valence-corrected chi connectivity index (χ4v) is 5.55. The van der Waals surface area contributed by atoms with Crippen molar-refractivity contribution in [1.29, 1.82) is 0 Å². The van der Waals surface area contributed by atoms with Gasteiger partial charge in [0.2, 0.25) is 0 Å². The first kappa shape index (κ1) is 42.1. The van der Waals surface area contributed by atoms with Crippen LogP contribution in [-0.2, 0) is 19.1 Å². The lowest BCUT2D eigenvalue weighted by atomic mass is 9.96. The van der Waals surface area contributed by atoms with Gasteiger partial charge in [-0.25, -0.2) is 0 Å². The van der Waals surface area contributed by atoms with E-state index < -0.39 is 0 Å². The predicted molar refractivity (Wildman–Crippen MR) is 187 cm³/mol. The monoisotopic (exact) mass is 615 g/mol. The third-order valence-electron chi connectivity index (χ3n) is 8.57.